The molecule has 0 fully saturated rings. The molecule has 0 unspecified atom stereocenters. The Kier molecular flexibility index (Phi) is 4.01. The predicted octanol–water partition coefficient (Wildman–Crippen LogP) is 3.93. The number of hydrogen-bond acceptors (Lipinski definition) is 2. The van der Waals surface area contributed by atoms with Crippen molar-refractivity contribution in [3.8, 4) is 11.3 Å². The molecule has 2 N–H and O–H groups in total. The van der Waals surface area contributed by atoms with E-state index in [2.05, 4.69) is 38.1 Å². The van der Waals surface area contributed by atoms with Gasteiger partial charge in [-0.2, -0.15) is 5.10 Å². The number of rotatable bonds is 3. The Morgan fingerprint density at radius 1 is 1.05 bits per heavy atom. The lowest BCUT2D eigenvalue weighted by atomic mass is 10.1. The van der Waals surface area contributed by atoms with E-state index in [-0.39, 0.29) is 5.91 Å². The summed E-state index contributed by atoms with van der Waals surface area (Å²) in [5, 5.41) is 9.75. The maximum atomic E-state index is 12.4. The van der Waals surface area contributed by atoms with Gasteiger partial charge in [0.05, 0.1) is 17.5 Å². The minimum Gasteiger partial charge on any atom is -0.322 e. The van der Waals surface area contributed by atoms with Gasteiger partial charge in [-0.25, -0.2) is 0 Å². The zero-order valence-electron chi connectivity index (χ0n) is 11.0. The first kappa shape index (κ1) is 13.8. The van der Waals surface area contributed by atoms with Crippen LogP contribution in [0.2, 0.25) is 0 Å². The standard InChI is InChI=1S/C16H12IN3O/c17-12-6-8-13(9-7-12)19-16(21)14-10-18-20-15(14)11-4-2-1-3-5-11/h1-10H,(H,18,20)(H,19,21). The predicted molar refractivity (Wildman–Crippen MR) is 91.1 cm³/mol. The molecule has 0 bridgehead atoms. The largest absolute Gasteiger partial charge is 0.322 e. The van der Waals surface area contributed by atoms with Crippen LogP contribution >= 0.6 is 22.6 Å². The first-order valence-corrected chi connectivity index (χ1v) is 7.47. The Labute approximate surface area is 135 Å². The molecule has 0 atom stereocenters. The van der Waals surface area contributed by atoms with Gasteiger partial charge in [0, 0.05) is 14.8 Å². The van der Waals surface area contributed by atoms with Gasteiger partial charge in [-0.1, -0.05) is 30.3 Å². The molecule has 3 aromatic rings. The quantitative estimate of drug-likeness (QED) is 0.667. The van der Waals surface area contributed by atoms with E-state index in [4.69, 9.17) is 0 Å². The van der Waals surface area contributed by atoms with E-state index >= 15 is 0 Å². The van der Waals surface area contributed by atoms with Gasteiger partial charge < -0.3 is 5.32 Å². The molecule has 0 aliphatic rings. The van der Waals surface area contributed by atoms with Gasteiger partial charge in [0.15, 0.2) is 0 Å². The number of hydrogen-bond donors (Lipinski definition) is 2. The number of carbonyl (C=O) groups is 1. The zero-order valence-corrected chi connectivity index (χ0v) is 13.2. The Morgan fingerprint density at radius 3 is 2.48 bits per heavy atom. The maximum absolute atomic E-state index is 12.4. The Bertz CT molecular complexity index is 751. The van der Waals surface area contributed by atoms with Crippen molar-refractivity contribution in [1.82, 2.24) is 10.2 Å². The SMILES string of the molecule is O=C(Nc1ccc(I)cc1)c1cn[nH]c1-c1ccccc1. The summed E-state index contributed by atoms with van der Waals surface area (Å²) in [7, 11) is 0. The van der Waals surface area contributed by atoms with Crippen molar-refractivity contribution < 1.29 is 4.79 Å². The molecule has 1 heterocycles. The van der Waals surface area contributed by atoms with Gasteiger partial charge in [0.25, 0.3) is 5.91 Å². The van der Waals surface area contributed by atoms with Gasteiger partial charge in [-0.3, -0.25) is 9.89 Å². The molecule has 0 saturated carbocycles. The third-order valence-electron chi connectivity index (χ3n) is 3.05. The first-order valence-electron chi connectivity index (χ1n) is 6.40. The average molecular weight is 389 g/mol. The molecule has 0 aliphatic heterocycles. The highest BCUT2D eigenvalue weighted by Gasteiger charge is 2.15. The second-order valence-electron chi connectivity index (χ2n) is 4.49. The zero-order chi connectivity index (χ0) is 14.7. The molecule has 0 saturated heterocycles. The third-order valence-corrected chi connectivity index (χ3v) is 3.77. The lowest BCUT2D eigenvalue weighted by Crippen LogP contribution is -2.12. The number of nitrogens with zero attached hydrogens (tertiary/aromatic N) is 1. The lowest BCUT2D eigenvalue weighted by Gasteiger charge is -2.06. The van der Waals surface area contributed by atoms with Gasteiger partial charge >= 0.3 is 0 Å². The number of anilines is 1. The second-order valence-corrected chi connectivity index (χ2v) is 5.73. The molecule has 5 heteroatoms. The first-order chi connectivity index (χ1) is 10.2. The number of carbonyl (C=O) groups excluding carboxylic acids is 1. The molecular weight excluding hydrogens is 377 g/mol. The fourth-order valence-corrected chi connectivity index (χ4v) is 2.37. The molecule has 1 aromatic heterocycles. The van der Waals surface area contributed by atoms with Crippen LogP contribution in [0.25, 0.3) is 11.3 Å². The molecule has 21 heavy (non-hydrogen) atoms. The van der Waals surface area contributed by atoms with Crippen LogP contribution in [0.5, 0.6) is 0 Å². The van der Waals surface area contributed by atoms with E-state index in [0.717, 1.165) is 20.5 Å². The van der Waals surface area contributed by atoms with Crippen LogP contribution in [0.3, 0.4) is 0 Å². The second kappa shape index (κ2) is 6.09. The van der Waals surface area contributed by atoms with Crippen LogP contribution < -0.4 is 5.32 Å². The van der Waals surface area contributed by atoms with Crippen LogP contribution in [-0.4, -0.2) is 16.1 Å². The fourth-order valence-electron chi connectivity index (χ4n) is 2.01. The topological polar surface area (TPSA) is 57.8 Å². The molecule has 0 radical (unpaired) electrons. The molecule has 0 spiro atoms. The molecule has 1 amide bonds. The number of amides is 1. The maximum Gasteiger partial charge on any atom is 0.259 e. The highest BCUT2D eigenvalue weighted by molar-refractivity contribution is 14.1. The summed E-state index contributed by atoms with van der Waals surface area (Å²) in [6.45, 7) is 0. The number of H-pyrrole nitrogens is 1. The average Bonchev–Trinajstić information content (AvgIpc) is 3.00. The molecule has 0 aliphatic carbocycles. The number of aromatic amines is 1. The lowest BCUT2D eigenvalue weighted by molar-refractivity contribution is 0.102. The normalized spacial score (nSPS) is 10.3. The van der Waals surface area contributed by atoms with Crippen molar-refractivity contribution >= 4 is 34.2 Å². The summed E-state index contributed by atoms with van der Waals surface area (Å²) in [4.78, 5) is 12.4. The van der Waals surface area contributed by atoms with Gasteiger partial charge in [0.2, 0.25) is 0 Å². The number of halogens is 1. The molecule has 104 valence electrons. The van der Waals surface area contributed by atoms with E-state index in [1.54, 1.807) is 6.20 Å². The van der Waals surface area contributed by atoms with Crippen molar-refractivity contribution in [2.24, 2.45) is 0 Å². The smallest absolute Gasteiger partial charge is 0.259 e. The highest BCUT2D eigenvalue weighted by Crippen LogP contribution is 2.21. The van der Waals surface area contributed by atoms with Crippen molar-refractivity contribution in [2.75, 3.05) is 5.32 Å². The Morgan fingerprint density at radius 2 is 1.76 bits per heavy atom. The monoisotopic (exact) mass is 389 g/mol. The fraction of sp³-hybridized carbons (Fsp3) is 0. The summed E-state index contributed by atoms with van der Waals surface area (Å²) in [6, 6.07) is 17.3. The summed E-state index contributed by atoms with van der Waals surface area (Å²) < 4.78 is 1.12. The number of aromatic nitrogens is 2. The van der Waals surface area contributed by atoms with Crippen molar-refractivity contribution in [2.45, 2.75) is 0 Å². The van der Waals surface area contributed by atoms with Crippen LogP contribution in [0.15, 0.2) is 60.8 Å². The van der Waals surface area contributed by atoms with Gasteiger partial charge in [-0.05, 0) is 46.9 Å². The summed E-state index contributed by atoms with van der Waals surface area (Å²) in [5.41, 5.74) is 2.95. The van der Waals surface area contributed by atoms with E-state index < -0.39 is 0 Å². The Balaban J connectivity index is 1.86. The number of nitrogens with one attached hydrogen (secondary N) is 2. The van der Waals surface area contributed by atoms with Crippen LogP contribution in [0, 0.1) is 3.57 Å². The summed E-state index contributed by atoms with van der Waals surface area (Å²) in [5.74, 6) is -0.177. The molecule has 2 aromatic carbocycles. The van der Waals surface area contributed by atoms with E-state index in [0.29, 0.717) is 5.56 Å². The van der Waals surface area contributed by atoms with Crippen LogP contribution in [0.4, 0.5) is 5.69 Å². The van der Waals surface area contributed by atoms with Crippen LogP contribution in [0.1, 0.15) is 10.4 Å². The molecule has 4 nitrogen and oxygen atoms in total. The number of benzene rings is 2. The minimum absolute atomic E-state index is 0.177. The van der Waals surface area contributed by atoms with Crippen LogP contribution in [-0.2, 0) is 0 Å². The van der Waals surface area contributed by atoms with Gasteiger partial charge in [-0.15, -0.1) is 0 Å². The molecule has 3 rings (SSSR count). The summed E-state index contributed by atoms with van der Waals surface area (Å²) >= 11 is 2.23. The van der Waals surface area contributed by atoms with Crippen molar-refractivity contribution in [1.29, 1.82) is 0 Å². The highest BCUT2D eigenvalue weighted by atomic mass is 127. The van der Waals surface area contributed by atoms with Crippen molar-refractivity contribution in [3.05, 3.63) is 69.9 Å². The summed E-state index contributed by atoms with van der Waals surface area (Å²) in [6.07, 6.45) is 1.55. The molecular formula is C16H12IN3O. The minimum atomic E-state index is -0.177. The van der Waals surface area contributed by atoms with E-state index in [1.807, 2.05) is 54.6 Å². The third kappa shape index (κ3) is 3.13. The van der Waals surface area contributed by atoms with Gasteiger partial charge in [0.1, 0.15) is 0 Å². The van der Waals surface area contributed by atoms with E-state index in [1.165, 1.54) is 0 Å². The van der Waals surface area contributed by atoms with Crippen molar-refractivity contribution in [3.63, 3.8) is 0 Å². The Hall–Kier alpha value is -2.15. The van der Waals surface area contributed by atoms with E-state index in [9.17, 15) is 4.79 Å².